The van der Waals surface area contributed by atoms with E-state index in [1.54, 1.807) is 31.2 Å². The van der Waals surface area contributed by atoms with Gasteiger partial charge in [-0.05, 0) is 31.7 Å². The molecule has 154 valence electrons. The third-order valence-electron chi connectivity index (χ3n) is 5.04. The Kier molecular flexibility index (Phi) is 5.16. The standard InChI is InChI=1S/C18H20ClN5O3S2/c1-11-14-15(28-17(11)29(20,26)27)21-18(23-9-7-22(2)8-10-23)24(16(14)25)13-6-4-3-5-12(13)19/h3-6H,7-10H2,1-2H3,(H2,20,26,27). The number of sulfonamides is 1. The fourth-order valence-electron chi connectivity index (χ4n) is 3.49. The maximum Gasteiger partial charge on any atom is 0.268 e. The van der Waals surface area contributed by atoms with Crippen LogP contribution in [0.4, 0.5) is 5.95 Å². The van der Waals surface area contributed by atoms with Gasteiger partial charge in [0.15, 0.2) is 0 Å². The van der Waals surface area contributed by atoms with Crippen molar-refractivity contribution < 1.29 is 8.42 Å². The number of anilines is 1. The number of nitrogens with two attached hydrogens (primary N) is 1. The third-order valence-corrected chi connectivity index (χ3v) is 8.11. The molecule has 0 spiro atoms. The molecule has 1 aliphatic rings. The van der Waals surface area contributed by atoms with Crippen molar-refractivity contribution in [2.24, 2.45) is 5.14 Å². The average molecular weight is 454 g/mol. The highest BCUT2D eigenvalue weighted by molar-refractivity contribution is 7.91. The van der Waals surface area contributed by atoms with Crippen LogP contribution in [0.2, 0.25) is 5.02 Å². The molecular weight excluding hydrogens is 434 g/mol. The molecule has 8 nitrogen and oxygen atoms in total. The molecule has 0 unspecified atom stereocenters. The number of hydrogen-bond acceptors (Lipinski definition) is 7. The summed E-state index contributed by atoms with van der Waals surface area (Å²) in [6.45, 7) is 4.59. The summed E-state index contributed by atoms with van der Waals surface area (Å²) in [7, 11) is -1.92. The average Bonchev–Trinajstić information content (AvgIpc) is 3.00. The molecule has 0 atom stereocenters. The van der Waals surface area contributed by atoms with Gasteiger partial charge in [0.05, 0.1) is 16.1 Å². The molecule has 3 aromatic rings. The van der Waals surface area contributed by atoms with Crippen molar-refractivity contribution in [2.75, 3.05) is 38.1 Å². The van der Waals surface area contributed by atoms with Crippen molar-refractivity contribution in [3.63, 3.8) is 0 Å². The number of nitrogens with zero attached hydrogens (tertiary/aromatic N) is 4. The Morgan fingerprint density at radius 1 is 1.17 bits per heavy atom. The van der Waals surface area contributed by atoms with Gasteiger partial charge in [-0.2, -0.15) is 0 Å². The van der Waals surface area contributed by atoms with E-state index >= 15 is 0 Å². The minimum atomic E-state index is -3.96. The molecule has 1 aromatic carbocycles. The van der Waals surface area contributed by atoms with Crippen LogP contribution in [0.15, 0.2) is 33.3 Å². The molecule has 3 heterocycles. The third kappa shape index (κ3) is 3.55. The van der Waals surface area contributed by atoms with E-state index in [-0.39, 0.29) is 15.2 Å². The maximum atomic E-state index is 13.6. The molecule has 1 fully saturated rings. The molecule has 0 bridgehead atoms. The van der Waals surface area contributed by atoms with Gasteiger partial charge in [0.2, 0.25) is 16.0 Å². The van der Waals surface area contributed by atoms with Gasteiger partial charge >= 0.3 is 0 Å². The normalized spacial score (nSPS) is 15.9. The smallest absolute Gasteiger partial charge is 0.268 e. The molecular formula is C18H20ClN5O3S2. The Morgan fingerprint density at radius 3 is 2.45 bits per heavy atom. The minimum Gasteiger partial charge on any atom is -0.339 e. The van der Waals surface area contributed by atoms with E-state index in [0.717, 1.165) is 24.4 Å². The molecule has 1 aliphatic heterocycles. The zero-order chi connectivity index (χ0) is 20.9. The number of thiophene rings is 1. The molecule has 1 saturated heterocycles. The molecule has 0 saturated carbocycles. The predicted molar refractivity (Wildman–Crippen MR) is 116 cm³/mol. The van der Waals surface area contributed by atoms with Crippen LogP contribution in [-0.2, 0) is 10.0 Å². The first-order chi connectivity index (χ1) is 13.7. The first-order valence-electron chi connectivity index (χ1n) is 8.96. The van der Waals surface area contributed by atoms with Gasteiger partial charge in [-0.1, -0.05) is 23.7 Å². The largest absolute Gasteiger partial charge is 0.339 e. The molecule has 2 N–H and O–H groups in total. The van der Waals surface area contributed by atoms with Gasteiger partial charge in [0.25, 0.3) is 5.56 Å². The van der Waals surface area contributed by atoms with Crippen molar-refractivity contribution in [2.45, 2.75) is 11.1 Å². The van der Waals surface area contributed by atoms with E-state index < -0.39 is 10.0 Å². The summed E-state index contributed by atoms with van der Waals surface area (Å²) in [4.78, 5) is 22.9. The van der Waals surface area contributed by atoms with Gasteiger partial charge in [-0.3, -0.25) is 4.79 Å². The highest BCUT2D eigenvalue weighted by atomic mass is 35.5. The lowest BCUT2D eigenvalue weighted by Gasteiger charge is -2.34. The summed E-state index contributed by atoms with van der Waals surface area (Å²) >= 11 is 7.33. The van der Waals surface area contributed by atoms with E-state index in [1.165, 1.54) is 4.57 Å². The van der Waals surface area contributed by atoms with Crippen molar-refractivity contribution in [1.82, 2.24) is 14.5 Å². The molecule has 29 heavy (non-hydrogen) atoms. The van der Waals surface area contributed by atoms with Crippen LogP contribution in [0.5, 0.6) is 0 Å². The first kappa shape index (κ1) is 20.3. The van der Waals surface area contributed by atoms with Crippen LogP contribution >= 0.6 is 22.9 Å². The van der Waals surface area contributed by atoms with Gasteiger partial charge in [0.1, 0.15) is 9.04 Å². The number of aryl methyl sites for hydroxylation is 1. The van der Waals surface area contributed by atoms with Crippen molar-refractivity contribution in [3.05, 3.63) is 45.2 Å². The Balaban J connectivity index is 2.06. The molecule has 0 amide bonds. The molecule has 4 rings (SSSR count). The number of fused-ring (bicyclic) bond motifs is 1. The molecule has 11 heteroatoms. The summed E-state index contributed by atoms with van der Waals surface area (Å²) in [5, 5.41) is 6.01. The number of piperazine rings is 1. The van der Waals surface area contributed by atoms with Crippen LogP contribution in [0.1, 0.15) is 5.56 Å². The van der Waals surface area contributed by atoms with Gasteiger partial charge in [0, 0.05) is 26.2 Å². The van der Waals surface area contributed by atoms with E-state index in [9.17, 15) is 13.2 Å². The Morgan fingerprint density at radius 2 is 1.83 bits per heavy atom. The number of primary sulfonamides is 1. The summed E-state index contributed by atoms with van der Waals surface area (Å²) in [6, 6.07) is 7.03. The number of hydrogen-bond donors (Lipinski definition) is 1. The van der Waals surface area contributed by atoms with Gasteiger partial charge in [-0.15, -0.1) is 11.3 Å². The highest BCUT2D eigenvalue weighted by Gasteiger charge is 2.27. The summed E-state index contributed by atoms with van der Waals surface area (Å²) in [5.41, 5.74) is 0.460. The van der Waals surface area contributed by atoms with Crippen molar-refractivity contribution >= 4 is 49.1 Å². The summed E-state index contributed by atoms with van der Waals surface area (Å²) in [6.07, 6.45) is 0. The second-order valence-corrected chi connectivity index (χ2v) is 10.2. The summed E-state index contributed by atoms with van der Waals surface area (Å²) < 4.78 is 25.4. The second kappa shape index (κ2) is 7.37. The number of para-hydroxylation sites is 1. The fourth-order valence-corrected chi connectivity index (χ4v) is 5.84. The number of benzene rings is 1. The van der Waals surface area contributed by atoms with Crippen LogP contribution in [0.25, 0.3) is 15.9 Å². The van der Waals surface area contributed by atoms with E-state index in [0.29, 0.717) is 40.1 Å². The lowest BCUT2D eigenvalue weighted by Crippen LogP contribution is -2.46. The van der Waals surface area contributed by atoms with Crippen LogP contribution in [0.3, 0.4) is 0 Å². The first-order valence-corrected chi connectivity index (χ1v) is 11.7. The van der Waals surface area contributed by atoms with E-state index in [1.807, 2.05) is 11.9 Å². The van der Waals surface area contributed by atoms with Crippen LogP contribution in [0, 0.1) is 6.92 Å². The molecule has 0 radical (unpaired) electrons. The number of aromatic nitrogens is 2. The van der Waals surface area contributed by atoms with Crippen molar-refractivity contribution in [3.8, 4) is 5.69 Å². The predicted octanol–water partition coefficient (Wildman–Crippen LogP) is 1.81. The van der Waals surface area contributed by atoms with Crippen LogP contribution < -0.4 is 15.6 Å². The SMILES string of the molecule is Cc1c(S(N)(=O)=O)sc2nc(N3CCN(C)CC3)n(-c3ccccc3Cl)c(=O)c12. The lowest BCUT2D eigenvalue weighted by molar-refractivity contribution is 0.310. The topological polar surface area (TPSA) is 102 Å². The molecule has 2 aromatic heterocycles. The quantitative estimate of drug-likeness (QED) is 0.649. The number of halogens is 1. The zero-order valence-corrected chi connectivity index (χ0v) is 18.3. The maximum absolute atomic E-state index is 13.6. The van der Waals surface area contributed by atoms with Gasteiger partial charge < -0.3 is 9.80 Å². The van der Waals surface area contributed by atoms with Crippen molar-refractivity contribution in [1.29, 1.82) is 0 Å². The monoisotopic (exact) mass is 453 g/mol. The minimum absolute atomic E-state index is 0.0432. The van der Waals surface area contributed by atoms with Gasteiger partial charge in [-0.25, -0.2) is 23.1 Å². The van der Waals surface area contributed by atoms with E-state index in [4.69, 9.17) is 21.7 Å². The Hall–Kier alpha value is -1.98. The number of likely N-dealkylation sites (N-methyl/N-ethyl adjacent to an activating group) is 1. The second-order valence-electron chi connectivity index (χ2n) is 7.03. The van der Waals surface area contributed by atoms with Crippen LogP contribution in [-0.4, -0.2) is 56.1 Å². The Labute approximate surface area is 177 Å². The fraction of sp³-hybridized carbons (Fsp3) is 0.333. The Bertz CT molecular complexity index is 1260. The molecule has 0 aliphatic carbocycles. The highest BCUT2D eigenvalue weighted by Crippen LogP contribution is 2.33. The lowest BCUT2D eigenvalue weighted by atomic mass is 10.2. The zero-order valence-electron chi connectivity index (χ0n) is 15.9. The summed E-state index contributed by atoms with van der Waals surface area (Å²) in [5.74, 6) is 0.450. The van der Waals surface area contributed by atoms with E-state index in [2.05, 4.69) is 4.90 Å². The number of rotatable bonds is 3.